The van der Waals surface area contributed by atoms with Crippen LogP contribution in [0.25, 0.3) is 10.8 Å². The first kappa shape index (κ1) is 32.5. The van der Waals surface area contributed by atoms with Crippen LogP contribution in [0.4, 0.5) is 11.5 Å². The molecule has 5 aliphatic rings. The molecule has 11 nitrogen and oxygen atoms in total. The lowest BCUT2D eigenvalue weighted by molar-refractivity contribution is -0.135. The number of piperazine rings is 1. The van der Waals surface area contributed by atoms with E-state index in [0.717, 1.165) is 90.8 Å². The van der Waals surface area contributed by atoms with E-state index >= 15 is 0 Å². The Morgan fingerprint density at radius 1 is 1.08 bits per heavy atom. The molecule has 4 saturated heterocycles. The van der Waals surface area contributed by atoms with E-state index < -0.39 is 0 Å². The summed E-state index contributed by atoms with van der Waals surface area (Å²) < 4.78 is 11.8. The number of aromatic nitrogens is 2. The summed E-state index contributed by atoms with van der Waals surface area (Å²) >= 11 is 6.75. The molecule has 4 atom stereocenters. The molecule has 0 bridgehead atoms. The molecule has 6 heterocycles. The molecule has 4 fully saturated rings. The van der Waals surface area contributed by atoms with Gasteiger partial charge in [-0.05, 0) is 50.4 Å². The maximum atomic E-state index is 13.8. The average Bonchev–Trinajstić information content (AvgIpc) is 3.74. The number of hydrogen-bond donors (Lipinski definition) is 0. The molecule has 0 N–H and O–H groups in total. The lowest BCUT2D eigenvalue weighted by Gasteiger charge is -2.43. The van der Waals surface area contributed by atoms with Crippen molar-refractivity contribution in [1.82, 2.24) is 24.7 Å². The molecule has 0 spiro atoms. The van der Waals surface area contributed by atoms with Crippen molar-refractivity contribution in [2.45, 2.75) is 57.3 Å². The third kappa shape index (κ3) is 6.40. The Morgan fingerprint density at radius 3 is 2.67 bits per heavy atom. The molecule has 1 unspecified atom stereocenters. The zero-order valence-electron chi connectivity index (χ0n) is 28.5. The molecule has 0 saturated carbocycles. The molecule has 0 aliphatic carbocycles. The maximum Gasteiger partial charge on any atom is 0.318 e. The zero-order chi connectivity index (χ0) is 33.7. The minimum absolute atomic E-state index is 0.0979. The Hall–Kier alpha value is -3.69. The molecule has 49 heavy (non-hydrogen) atoms. The van der Waals surface area contributed by atoms with Crippen molar-refractivity contribution < 1.29 is 14.3 Å². The molecule has 1 aromatic heterocycles. The van der Waals surface area contributed by atoms with Crippen LogP contribution in [0.5, 0.6) is 6.01 Å². The Kier molecular flexibility index (Phi) is 8.77. The predicted octanol–water partition coefficient (Wildman–Crippen LogP) is 3.97. The zero-order valence-corrected chi connectivity index (χ0v) is 29.2. The SMILES string of the molecule is CN1CCC[C@H]1COc1nc2c(c(N3CCN(C(=O)[C@@H]4CN4CC4(C)COC4)[C@@H](CC#N)C3)n1)CCN(c1cccc3cccc(Cl)c13)C2. The van der Waals surface area contributed by atoms with Crippen molar-refractivity contribution in [3.05, 3.63) is 52.7 Å². The van der Waals surface area contributed by atoms with Gasteiger partial charge in [-0.1, -0.05) is 42.8 Å². The van der Waals surface area contributed by atoms with Crippen molar-refractivity contribution in [1.29, 1.82) is 5.26 Å². The topological polar surface area (TPSA) is 101 Å². The van der Waals surface area contributed by atoms with E-state index in [1.807, 2.05) is 17.0 Å². The van der Waals surface area contributed by atoms with Crippen LogP contribution in [-0.4, -0.2) is 121 Å². The van der Waals surface area contributed by atoms with Gasteiger partial charge in [0.25, 0.3) is 0 Å². The number of carbonyl (C=O) groups is 1. The highest BCUT2D eigenvalue weighted by Crippen LogP contribution is 2.38. The van der Waals surface area contributed by atoms with Gasteiger partial charge in [0.1, 0.15) is 18.5 Å². The van der Waals surface area contributed by atoms with Crippen molar-refractivity contribution in [2.24, 2.45) is 5.41 Å². The van der Waals surface area contributed by atoms with Gasteiger partial charge in [0.05, 0.1) is 49.0 Å². The number of likely N-dealkylation sites (tertiary alicyclic amines) is 1. The molecule has 0 radical (unpaired) electrons. The van der Waals surface area contributed by atoms with E-state index in [4.69, 9.17) is 31.0 Å². The first-order valence-electron chi connectivity index (χ1n) is 17.7. The van der Waals surface area contributed by atoms with Crippen LogP contribution in [0.2, 0.25) is 5.02 Å². The van der Waals surface area contributed by atoms with Gasteiger partial charge in [-0.25, -0.2) is 0 Å². The van der Waals surface area contributed by atoms with Crippen LogP contribution in [-0.2, 0) is 22.5 Å². The first-order chi connectivity index (χ1) is 23.8. The highest BCUT2D eigenvalue weighted by molar-refractivity contribution is 6.36. The minimum Gasteiger partial charge on any atom is -0.462 e. The average molecular weight is 685 g/mol. The van der Waals surface area contributed by atoms with E-state index in [9.17, 15) is 10.1 Å². The number of likely N-dealkylation sites (N-methyl/N-ethyl adjacent to an activating group) is 1. The van der Waals surface area contributed by atoms with Crippen molar-refractivity contribution in [2.75, 3.05) is 82.5 Å². The van der Waals surface area contributed by atoms with Crippen LogP contribution >= 0.6 is 11.6 Å². The largest absolute Gasteiger partial charge is 0.462 e. The fraction of sp³-hybridized carbons (Fsp3) is 0.568. The summed E-state index contributed by atoms with van der Waals surface area (Å²) in [5.41, 5.74) is 3.30. The Balaban J connectivity index is 1.05. The van der Waals surface area contributed by atoms with Crippen LogP contribution in [0, 0.1) is 16.7 Å². The van der Waals surface area contributed by atoms with Crippen molar-refractivity contribution in [3.8, 4) is 12.1 Å². The standard InChI is InChI=1S/C37H45ClN8O3/c1-37(23-48-24-37)22-45-20-32(45)35(47)46-17-16-44(18-26(46)11-13-39)34-28-12-15-43(31-10-4-7-25-6-3-9-29(38)33(25)31)19-30(28)40-36(41-34)49-21-27-8-5-14-42(27)2/h3-4,6-7,9-10,26-27,32H,5,8,11-12,14-24H2,1-2H3/t26-,27-,32-,45?/m0/s1. The summed E-state index contributed by atoms with van der Waals surface area (Å²) in [6, 6.07) is 15.1. The number of rotatable bonds is 9. The summed E-state index contributed by atoms with van der Waals surface area (Å²) in [7, 11) is 2.15. The maximum absolute atomic E-state index is 13.8. The summed E-state index contributed by atoms with van der Waals surface area (Å²) in [5, 5.41) is 12.7. The van der Waals surface area contributed by atoms with E-state index in [-0.39, 0.29) is 29.8 Å². The highest BCUT2D eigenvalue weighted by Gasteiger charge is 2.49. The number of amides is 1. The molecule has 12 heteroatoms. The number of fused-ring (bicyclic) bond motifs is 2. The van der Waals surface area contributed by atoms with Gasteiger partial charge in [0.2, 0.25) is 5.91 Å². The van der Waals surface area contributed by atoms with Crippen LogP contribution in [0.1, 0.15) is 37.4 Å². The smallest absolute Gasteiger partial charge is 0.318 e. The Bertz CT molecular complexity index is 1770. The summed E-state index contributed by atoms with van der Waals surface area (Å²) in [6.07, 6.45) is 3.31. The van der Waals surface area contributed by atoms with Crippen LogP contribution < -0.4 is 14.5 Å². The molecular formula is C37H45ClN8O3. The monoisotopic (exact) mass is 684 g/mol. The van der Waals surface area contributed by atoms with Crippen LogP contribution in [0.15, 0.2) is 36.4 Å². The molecular weight excluding hydrogens is 640 g/mol. The summed E-state index contributed by atoms with van der Waals surface area (Å²) in [6.45, 7) is 10.1. The fourth-order valence-corrected chi connectivity index (χ4v) is 8.52. The van der Waals surface area contributed by atoms with Gasteiger partial charge in [0.15, 0.2) is 0 Å². The Morgan fingerprint density at radius 2 is 1.92 bits per heavy atom. The molecule has 3 aromatic rings. The molecule has 1 amide bonds. The second kappa shape index (κ2) is 13.2. The number of nitrogens with zero attached hydrogens (tertiary/aromatic N) is 8. The van der Waals surface area contributed by atoms with Crippen LogP contribution in [0.3, 0.4) is 0 Å². The second-order valence-corrected chi connectivity index (χ2v) is 15.3. The van der Waals surface area contributed by atoms with E-state index in [2.05, 4.69) is 63.9 Å². The molecule has 5 aliphatic heterocycles. The molecule has 8 rings (SSSR count). The van der Waals surface area contributed by atoms with Gasteiger partial charge in [-0.15, -0.1) is 0 Å². The number of halogens is 1. The third-order valence-corrected chi connectivity index (χ3v) is 11.5. The summed E-state index contributed by atoms with van der Waals surface area (Å²) in [4.78, 5) is 35.0. The number of ether oxygens (including phenoxy) is 2. The second-order valence-electron chi connectivity index (χ2n) is 14.9. The van der Waals surface area contributed by atoms with Crippen molar-refractivity contribution in [3.63, 3.8) is 0 Å². The van der Waals surface area contributed by atoms with Gasteiger partial charge < -0.3 is 29.1 Å². The number of benzene rings is 2. The number of carbonyl (C=O) groups excluding carboxylic acids is 1. The van der Waals surface area contributed by atoms with E-state index in [0.29, 0.717) is 44.8 Å². The number of anilines is 2. The predicted molar refractivity (Wildman–Crippen MR) is 189 cm³/mol. The number of nitriles is 1. The lowest BCUT2D eigenvalue weighted by Crippen LogP contribution is -2.57. The number of hydrogen-bond acceptors (Lipinski definition) is 10. The minimum atomic E-state index is -0.212. The quantitative estimate of drug-likeness (QED) is 0.308. The molecule has 258 valence electrons. The highest BCUT2D eigenvalue weighted by atomic mass is 35.5. The summed E-state index contributed by atoms with van der Waals surface area (Å²) in [5.74, 6) is 1.01. The van der Waals surface area contributed by atoms with Gasteiger partial charge in [-0.3, -0.25) is 9.69 Å². The first-order valence-corrected chi connectivity index (χ1v) is 18.1. The van der Waals surface area contributed by atoms with Crippen molar-refractivity contribution >= 4 is 39.8 Å². The lowest BCUT2D eigenvalue weighted by atomic mass is 9.89. The normalized spacial score (nSPS) is 26.3. The van der Waals surface area contributed by atoms with Gasteiger partial charge in [0, 0.05) is 67.4 Å². The van der Waals surface area contributed by atoms with E-state index in [1.165, 1.54) is 6.42 Å². The third-order valence-electron chi connectivity index (χ3n) is 11.1. The Labute approximate surface area is 293 Å². The van der Waals surface area contributed by atoms with Gasteiger partial charge >= 0.3 is 6.01 Å². The fourth-order valence-electron chi connectivity index (χ4n) is 8.25. The van der Waals surface area contributed by atoms with Gasteiger partial charge in [-0.2, -0.15) is 15.2 Å². The van der Waals surface area contributed by atoms with E-state index in [1.54, 1.807) is 0 Å². The molecule has 2 aromatic carbocycles.